The Hall–Kier alpha value is -2.37. The van der Waals surface area contributed by atoms with Gasteiger partial charge in [-0.3, -0.25) is 9.20 Å². The molecule has 0 atom stereocenters. The molecule has 0 aromatic carbocycles. The molecular formula is C11H10N4O2. The van der Waals surface area contributed by atoms with Crippen LogP contribution in [-0.4, -0.2) is 27.8 Å². The van der Waals surface area contributed by atoms with Gasteiger partial charge in [0.2, 0.25) is 0 Å². The van der Waals surface area contributed by atoms with Crippen molar-refractivity contribution in [3.8, 4) is 0 Å². The Morgan fingerprint density at radius 1 is 1.47 bits per heavy atom. The van der Waals surface area contributed by atoms with Crippen molar-refractivity contribution in [1.29, 1.82) is 0 Å². The lowest BCUT2D eigenvalue weighted by Gasteiger charge is -2.13. The van der Waals surface area contributed by atoms with E-state index in [1.807, 2.05) is 35.7 Å². The van der Waals surface area contributed by atoms with Crippen molar-refractivity contribution < 1.29 is 9.53 Å². The number of aryl methyl sites for hydroxylation is 1. The van der Waals surface area contributed by atoms with Gasteiger partial charge in [0.15, 0.2) is 6.61 Å². The van der Waals surface area contributed by atoms with Crippen LogP contribution in [0.5, 0.6) is 0 Å². The number of nitrogens with zero attached hydrogens (tertiary/aromatic N) is 3. The molecule has 0 fully saturated rings. The quantitative estimate of drug-likeness (QED) is 0.773. The number of hydrogen-bond acceptors (Lipinski definition) is 4. The first-order valence-electron chi connectivity index (χ1n) is 5.19. The van der Waals surface area contributed by atoms with Gasteiger partial charge in [-0.1, -0.05) is 6.07 Å². The van der Waals surface area contributed by atoms with Gasteiger partial charge in [0, 0.05) is 6.20 Å². The second-order valence-electron chi connectivity index (χ2n) is 3.72. The number of aromatic nitrogens is 2. The average molecular weight is 230 g/mol. The minimum absolute atomic E-state index is 0.0155. The largest absolute Gasteiger partial charge is 0.465 e. The van der Waals surface area contributed by atoms with E-state index < -0.39 is 0 Å². The summed E-state index contributed by atoms with van der Waals surface area (Å²) < 4.78 is 7.18. The minimum atomic E-state index is -0.250. The standard InChI is InChI=1S/C11H10N4O2/c1-7-10(11-14-13-9(16)6-17-11)15-5-3-2-4-8(15)12-7/h2-5H,6H2,1H3,(H,13,16). The van der Waals surface area contributed by atoms with Crippen LogP contribution in [0.4, 0.5) is 0 Å². The predicted molar refractivity (Wildman–Crippen MR) is 60.6 cm³/mol. The van der Waals surface area contributed by atoms with Crippen LogP contribution in [0.3, 0.4) is 0 Å². The summed E-state index contributed by atoms with van der Waals surface area (Å²) in [5, 5.41) is 3.90. The van der Waals surface area contributed by atoms with Crippen LogP contribution in [0.2, 0.25) is 0 Å². The third kappa shape index (κ3) is 1.54. The molecule has 0 saturated carbocycles. The zero-order chi connectivity index (χ0) is 11.8. The SMILES string of the molecule is Cc1nc2ccccn2c1C1=NNC(=O)CO1. The first kappa shape index (κ1) is 9.83. The third-order valence-corrected chi connectivity index (χ3v) is 2.53. The van der Waals surface area contributed by atoms with Crippen molar-refractivity contribution in [2.45, 2.75) is 6.92 Å². The summed E-state index contributed by atoms with van der Waals surface area (Å²) >= 11 is 0. The zero-order valence-corrected chi connectivity index (χ0v) is 9.17. The Labute approximate surface area is 96.9 Å². The van der Waals surface area contributed by atoms with Crippen LogP contribution >= 0.6 is 0 Å². The van der Waals surface area contributed by atoms with Gasteiger partial charge in [0.1, 0.15) is 11.3 Å². The van der Waals surface area contributed by atoms with Gasteiger partial charge in [0.05, 0.1) is 5.69 Å². The monoisotopic (exact) mass is 230 g/mol. The molecule has 6 nitrogen and oxygen atoms in total. The molecule has 1 N–H and O–H groups in total. The molecule has 86 valence electrons. The molecule has 1 aliphatic heterocycles. The number of nitrogens with one attached hydrogen (secondary N) is 1. The van der Waals surface area contributed by atoms with Gasteiger partial charge in [-0.2, -0.15) is 0 Å². The topological polar surface area (TPSA) is 68.0 Å². The number of fused-ring (bicyclic) bond motifs is 1. The van der Waals surface area contributed by atoms with Crippen LogP contribution in [-0.2, 0) is 9.53 Å². The fourth-order valence-electron chi connectivity index (χ4n) is 1.80. The molecule has 1 aliphatic rings. The Morgan fingerprint density at radius 3 is 3.12 bits per heavy atom. The van der Waals surface area contributed by atoms with E-state index in [-0.39, 0.29) is 12.5 Å². The van der Waals surface area contributed by atoms with Gasteiger partial charge in [-0.15, -0.1) is 5.10 Å². The van der Waals surface area contributed by atoms with Crippen molar-refractivity contribution in [2.24, 2.45) is 5.10 Å². The molecule has 0 unspecified atom stereocenters. The van der Waals surface area contributed by atoms with Gasteiger partial charge < -0.3 is 4.74 Å². The highest BCUT2D eigenvalue weighted by Gasteiger charge is 2.20. The molecule has 1 amide bonds. The summed E-state index contributed by atoms with van der Waals surface area (Å²) in [7, 11) is 0. The minimum Gasteiger partial charge on any atom is -0.465 e. The van der Waals surface area contributed by atoms with E-state index in [9.17, 15) is 4.79 Å². The fraction of sp³-hybridized carbons (Fsp3) is 0.182. The number of hydrazone groups is 1. The van der Waals surface area contributed by atoms with Gasteiger partial charge >= 0.3 is 0 Å². The lowest BCUT2D eigenvalue weighted by atomic mass is 10.3. The average Bonchev–Trinajstić information content (AvgIpc) is 2.66. The van der Waals surface area contributed by atoms with Crippen molar-refractivity contribution in [3.05, 3.63) is 35.8 Å². The normalized spacial score (nSPS) is 15.4. The van der Waals surface area contributed by atoms with Crippen molar-refractivity contribution >= 4 is 17.5 Å². The molecule has 0 spiro atoms. The van der Waals surface area contributed by atoms with Crippen molar-refractivity contribution in [1.82, 2.24) is 14.8 Å². The number of carbonyl (C=O) groups excluding carboxylic acids is 1. The summed E-state index contributed by atoms with van der Waals surface area (Å²) in [5.74, 6) is 0.140. The van der Waals surface area contributed by atoms with Crippen molar-refractivity contribution in [2.75, 3.05) is 6.61 Å². The molecule has 0 bridgehead atoms. The number of hydrogen-bond donors (Lipinski definition) is 1. The van der Waals surface area contributed by atoms with Crippen LogP contribution in [0.1, 0.15) is 11.4 Å². The second kappa shape index (κ2) is 3.58. The van der Waals surface area contributed by atoms with E-state index in [1.165, 1.54) is 0 Å². The van der Waals surface area contributed by atoms with E-state index >= 15 is 0 Å². The molecule has 17 heavy (non-hydrogen) atoms. The van der Waals surface area contributed by atoms with Gasteiger partial charge in [-0.25, -0.2) is 10.4 Å². The molecule has 2 aromatic heterocycles. The predicted octanol–water partition coefficient (Wildman–Crippen LogP) is 0.451. The van der Waals surface area contributed by atoms with Crippen molar-refractivity contribution in [3.63, 3.8) is 0 Å². The summed E-state index contributed by atoms with van der Waals surface area (Å²) in [6.45, 7) is 1.86. The highest BCUT2D eigenvalue weighted by Crippen LogP contribution is 2.14. The summed E-state index contributed by atoms with van der Waals surface area (Å²) in [6.07, 6.45) is 1.88. The van der Waals surface area contributed by atoms with Crippen LogP contribution in [0.25, 0.3) is 5.65 Å². The van der Waals surface area contributed by atoms with E-state index in [0.717, 1.165) is 17.0 Å². The number of imidazole rings is 1. The van der Waals surface area contributed by atoms with Crippen LogP contribution in [0.15, 0.2) is 29.5 Å². The van der Waals surface area contributed by atoms with E-state index in [0.29, 0.717) is 5.90 Å². The summed E-state index contributed by atoms with van der Waals surface area (Å²) in [4.78, 5) is 15.4. The lowest BCUT2D eigenvalue weighted by molar-refractivity contribution is -0.124. The molecule has 2 aromatic rings. The van der Waals surface area contributed by atoms with E-state index in [1.54, 1.807) is 0 Å². The fourth-order valence-corrected chi connectivity index (χ4v) is 1.80. The molecule has 0 aliphatic carbocycles. The first-order valence-corrected chi connectivity index (χ1v) is 5.19. The maximum atomic E-state index is 11.0. The highest BCUT2D eigenvalue weighted by atomic mass is 16.5. The third-order valence-electron chi connectivity index (χ3n) is 2.53. The Bertz CT molecular complexity index is 629. The number of carbonyl (C=O) groups is 1. The molecule has 3 heterocycles. The van der Waals surface area contributed by atoms with Crippen LogP contribution < -0.4 is 5.43 Å². The van der Waals surface area contributed by atoms with Crippen LogP contribution in [0, 0.1) is 6.92 Å². The molecule has 6 heteroatoms. The van der Waals surface area contributed by atoms with Gasteiger partial charge in [-0.05, 0) is 19.1 Å². The maximum Gasteiger partial charge on any atom is 0.278 e. The zero-order valence-electron chi connectivity index (χ0n) is 9.17. The molecule has 0 saturated heterocycles. The summed E-state index contributed by atoms with van der Waals surface area (Å²) in [6, 6.07) is 5.72. The summed E-state index contributed by atoms with van der Waals surface area (Å²) in [5.41, 5.74) is 4.79. The second-order valence-corrected chi connectivity index (χ2v) is 3.72. The number of ether oxygens (including phenoxy) is 1. The maximum absolute atomic E-state index is 11.0. The first-order chi connectivity index (χ1) is 8.25. The molecule has 3 rings (SSSR count). The molecule has 0 radical (unpaired) electrons. The Balaban J connectivity index is 2.17. The highest BCUT2D eigenvalue weighted by molar-refractivity contribution is 5.98. The lowest BCUT2D eigenvalue weighted by Crippen LogP contribution is -2.32. The smallest absolute Gasteiger partial charge is 0.278 e. The Kier molecular flexibility index (Phi) is 2.07. The Morgan fingerprint density at radius 2 is 2.35 bits per heavy atom. The van der Waals surface area contributed by atoms with E-state index in [4.69, 9.17) is 4.74 Å². The number of rotatable bonds is 1. The number of pyridine rings is 1. The van der Waals surface area contributed by atoms with Gasteiger partial charge in [0.25, 0.3) is 11.8 Å². The molecular weight excluding hydrogens is 220 g/mol. The number of amides is 1. The van der Waals surface area contributed by atoms with E-state index in [2.05, 4.69) is 15.5 Å².